The van der Waals surface area contributed by atoms with Crippen LogP contribution in [0.2, 0.25) is 0 Å². The highest BCUT2D eigenvalue weighted by atomic mass is 16.5. The SMILES string of the molecule is O=C(O)COC1CN(C(=O)C2(NC(=O)OCC3c4ccccc4-c4ccccc43)CCN(Cc3ccccc3)CC2)C1. The quantitative estimate of drug-likeness (QED) is 0.403. The Morgan fingerprint density at radius 1 is 0.857 bits per heavy atom. The molecule has 6 rings (SSSR count). The summed E-state index contributed by atoms with van der Waals surface area (Å²) in [7, 11) is 0. The number of carboxylic acid groups (broad SMARTS) is 1. The molecule has 2 fully saturated rings. The molecule has 2 saturated heterocycles. The fourth-order valence-electron chi connectivity index (χ4n) is 6.36. The molecule has 2 amide bonds. The van der Waals surface area contributed by atoms with Gasteiger partial charge in [-0.2, -0.15) is 0 Å². The van der Waals surface area contributed by atoms with E-state index in [2.05, 4.69) is 46.6 Å². The lowest BCUT2D eigenvalue weighted by Crippen LogP contribution is -2.68. The molecule has 2 aliphatic heterocycles. The second-order valence-corrected chi connectivity index (χ2v) is 11.3. The minimum absolute atomic E-state index is 0.0787. The predicted molar refractivity (Wildman–Crippen MR) is 156 cm³/mol. The first-order valence-corrected chi connectivity index (χ1v) is 14.4. The number of piperidine rings is 1. The van der Waals surface area contributed by atoms with Crippen molar-refractivity contribution in [2.75, 3.05) is 39.4 Å². The van der Waals surface area contributed by atoms with Gasteiger partial charge in [-0.1, -0.05) is 78.9 Å². The van der Waals surface area contributed by atoms with Crippen LogP contribution in [-0.2, 0) is 25.6 Å². The number of carbonyl (C=O) groups excluding carboxylic acids is 2. The third-order valence-electron chi connectivity index (χ3n) is 8.63. The minimum atomic E-state index is -1.10. The maximum atomic E-state index is 13.8. The number of rotatable bonds is 9. The summed E-state index contributed by atoms with van der Waals surface area (Å²) in [6.07, 6.45) is -0.0457. The van der Waals surface area contributed by atoms with Gasteiger partial charge in [-0.15, -0.1) is 0 Å². The summed E-state index contributed by atoms with van der Waals surface area (Å²) in [6, 6.07) is 26.5. The van der Waals surface area contributed by atoms with Crippen LogP contribution in [0.1, 0.15) is 35.4 Å². The molecule has 0 saturated carbocycles. The second kappa shape index (κ2) is 12.0. The maximum Gasteiger partial charge on any atom is 0.408 e. The van der Waals surface area contributed by atoms with Gasteiger partial charge in [0.15, 0.2) is 0 Å². The molecule has 0 bridgehead atoms. The fraction of sp³-hybridized carbons (Fsp3) is 0.364. The summed E-state index contributed by atoms with van der Waals surface area (Å²) in [4.78, 5) is 42.0. The van der Waals surface area contributed by atoms with Crippen molar-refractivity contribution in [2.45, 2.75) is 36.9 Å². The number of aliphatic carboxylic acids is 1. The van der Waals surface area contributed by atoms with E-state index >= 15 is 0 Å². The van der Waals surface area contributed by atoms with Gasteiger partial charge in [-0.05, 0) is 40.7 Å². The highest BCUT2D eigenvalue weighted by Gasteiger charge is 2.48. The Morgan fingerprint density at radius 3 is 2.07 bits per heavy atom. The first-order valence-electron chi connectivity index (χ1n) is 14.4. The topological polar surface area (TPSA) is 108 Å². The molecule has 3 aromatic carbocycles. The molecule has 0 atom stereocenters. The molecule has 0 spiro atoms. The van der Waals surface area contributed by atoms with E-state index < -0.39 is 24.2 Å². The third kappa shape index (κ3) is 5.75. The zero-order valence-corrected chi connectivity index (χ0v) is 23.4. The summed E-state index contributed by atoms with van der Waals surface area (Å²) in [5.74, 6) is -1.30. The van der Waals surface area contributed by atoms with E-state index in [1.54, 1.807) is 4.90 Å². The number of hydrogen-bond donors (Lipinski definition) is 2. The van der Waals surface area contributed by atoms with Gasteiger partial charge in [-0.25, -0.2) is 9.59 Å². The van der Waals surface area contributed by atoms with Crippen LogP contribution < -0.4 is 5.32 Å². The second-order valence-electron chi connectivity index (χ2n) is 11.3. The molecule has 3 aliphatic rings. The lowest BCUT2D eigenvalue weighted by atomic mass is 9.84. The van der Waals surface area contributed by atoms with Crippen molar-refractivity contribution < 1.29 is 29.0 Å². The predicted octanol–water partition coefficient (Wildman–Crippen LogP) is 3.87. The monoisotopic (exact) mass is 569 g/mol. The van der Waals surface area contributed by atoms with E-state index in [4.69, 9.17) is 14.6 Å². The van der Waals surface area contributed by atoms with E-state index in [-0.39, 0.29) is 24.5 Å². The molecule has 218 valence electrons. The smallest absolute Gasteiger partial charge is 0.408 e. The molecule has 42 heavy (non-hydrogen) atoms. The van der Waals surface area contributed by atoms with Crippen molar-refractivity contribution in [2.24, 2.45) is 0 Å². The van der Waals surface area contributed by atoms with Gasteiger partial charge < -0.3 is 24.8 Å². The lowest BCUT2D eigenvalue weighted by Gasteiger charge is -2.47. The normalized spacial score (nSPS) is 18.0. The highest BCUT2D eigenvalue weighted by molar-refractivity contribution is 5.91. The Bertz CT molecular complexity index is 1400. The van der Waals surface area contributed by atoms with Crippen LogP contribution in [0, 0.1) is 0 Å². The Labute approximate surface area is 245 Å². The van der Waals surface area contributed by atoms with Crippen molar-refractivity contribution in [1.82, 2.24) is 15.1 Å². The molecule has 9 nitrogen and oxygen atoms in total. The number of likely N-dealkylation sites (tertiary alicyclic amines) is 2. The lowest BCUT2D eigenvalue weighted by molar-refractivity contribution is -0.159. The molecule has 2 heterocycles. The third-order valence-corrected chi connectivity index (χ3v) is 8.63. The molecule has 0 aromatic heterocycles. The number of alkyl carbamates (subject to hydrolysis) is 1. The van der Waals surface area contributed by atoms with Crippen LogP contribution in [-0.4, -0.2) is 83.9 Å². The van der Waals surface area contributed by atoms with Crippen molar-refractivity contribution in [1.29, 1.82) is 0 Å². The summed E-state index contributed by atoms with van der Waals surface area (Å²) >= 11 is 0. The Hall–Kier alpha value is -4.21. The van der Waals surface area contributed by atoms with E-state index in [9.17, 15) is 14.4 Å². The van der Waals surface area contributed by atoms with Crippen LogP contribution in [0.4, 0.5) is 4.79 Å². The molecular formula is C33H35N3O6. The van der Waals surface area contributed by atoms with E-state index in [1.807, 2.05) is 42.5 Å². The zero-order chi connectivity index (χ0) is 29.1. The van der Waals surface area contributed by atoms with E-state index in [0.29, 0.717) is 39.0 Å². The van der Waals surface area contributed by atoms with Crippen LogP contribution in [0.3, 0.4) is 0 Å². The van der Waals surface area contributed by atoms with Gasteiger partial charge >= 0.3 is 12.1 Å². The number of carbonyl (C=O) groups is 3. The van der Waals surface area contributed by atoms with Crippen LogP contribution >= 0.6 is 0 Å². The van der Waals surface area contributed by atoms with Gasteiger partial charge in [0.1, 0.15) is 18.8 Å². The maximum absolute atomic E-state index is 13.8. The summed E-state index contributed by atoms with van der Waals surface area (Å²) in [5.41, 5.74) is 4.64. The van der Waals surface area contributed by atoms with Gasteiger partial charge in [0.25, 0.3) is 0 Å². The van der Waals surface area contributed by atoms with Crippen LogP contribution in [0.15, 0.2) is 78.9 Å². The van der Waals surface area contributed by atoms with Crippen molar-refractivity contribution in [3.8, 4) is 11.1 Å². The largest absolute Gasteiger partial charge is 0.480 e. The average molecular weight is 570 g/mol. The minimum Gasteiger partial charge on any atom is -0.480 e. The van der Waals surface area contributed by atoms with Crippen LogP contribution in [0.5, 0.6) is 0 Å². The first-order chi connectivity index (χ1) is 20.4. The number of carboxylic acids is 1. The molecule has 0 radical (unpaired) electrons. The highest BCUT2D eigenvalue weighted by Crippen LogP contribution is 2.44. The number of hydrogen-bond acceptors (Lipinski definition) is 6. The number of ether oxygens (including phenoxy) is 2. The first kappa shape index (κ1) is 27.9. The summed E-state index contributed by atoms with van der Waals surface area (Å²) < 4.78 is 11.2. The molecule has 9 heteroatoms. The van der Waals surface area contributed by atoms with E-state index in [0.717, 1.165) is 28.8 Å². The van der Waals surface area contributed by atoms with Crippen LogP contribution in [0.25, 0.3) is 11.1 Å². The molecule has 1 aliphatic carbocycles. The van der Waals surface area contributed by atoms with Gasteiger partial charge in [0.05, 0.1) is 6.10 Å². The Balaban J connectivity index is 1.13. The fourth-order valence-corrected chi connectivity index (χ4v) is 6.36. The van der Waals surface area contributed by atoms with E-state index in [1.165, 1.54) is 5.56 Å². The molecule has 3 aromatic rings. The Morgan fingerprint density at radius 2 is 1.45 bits per heavy atom. The molecule has 0 unspecified atom stereocenters. The standard InChI is InChI=1S/C33H35N3O6/c37-30(38)22-41-24-19-36(20-24)31(39)33(14-16-35(17-15-33)18-23-8-2-1-3-9-23)34-32(40)42-21-29-27-12-6-4-10-25(27)26-11-5-7-13-28(26)29/h1-13,24,29H,14-22H2,(H,34,40)(H,37,38). The van der Waals surface area contributed by atoms with Gasteiger partial charge in [0.2, 0.25) is 5.91 Å². The number of benzene rings is 3. The molecular weight excluding hydrogens is 534 g/mol. The number of amides is 2. The Kier molecular flexibility index (Phi) is 7.95. The molecule has 2 N–H and O–H groups in total. The average Bonchev–Trinajstić information content (AvgIpc) is 3.30. The zero-order valence-electron chi connectivity index (χ0n) is 23.4. The van der Waals surface area contributed by atoms with Crippen molar-refractivity contribution in [3.63, 3.8) is 0 Å². The summed E-state index contributed by atoms with van der Waals surface area (Å²) in [6.45, 7) is 2.41. The van der Waals surface area contributed by atoms with Crippen molar-refractivity contribution >= 4 is 18.0 Å². The van der Waals surface area contributed by atoms with Gasteiger partial charge in [-0.3, -0.25) is 9.69 Å². The van der Waals surface area contributed by atoms with Gasteiger partial charge in [0, 0.05) is 38.6 Å². The number of nitrogens with zero attached hydrogens (tertiary/aromatic N) is 2. The number of nitrogens with one attached hydrogen (secondary N) is 1. The van der Waals surface area contributed by atoms with Crippen molar-refractivity contribution in [3.05, 3.63) is 95.6 Å². The summed E-state index contributed by atoms with van der Waals surface area (Å²) in [5, 5.41) is 11.9. The number of fused-ring (bicyclic) bond motifs is 3.